The molecule has 21 heavy (non-hydrogen) atoms. The van der Waals surface area contributed by atoms with Gasteiger partial charge in [-0.05, 0) is 43.4 Å². The molecular formula is C19H35NO. The Balaban J connectivity index is 1.89. The molecule has 0 atom stereocenters. The van der Waals surface area contributed by atoms with E-state index in [0.29, 0.717) is 0 Å². The van der Waals surface area contributed by atoms with Crippen LogP contribution in [-0.2, 0) is 4.74 Å². The Kier molecular flexibility index (Phi) is 7.81. The highest BCUT2D eigenvalue weighted by molar-refractivity contribution is 5.12. The van der Waals surface area contributed by atoms with Crippen LogP contribution in [0.2, 0.25) is 0 Å². The van der Waals surface area contributed by atoms with E-state index in [-0.39, 0.29) is 0 Å². The number of hydrogen-bond donors (Lipinski definition) is 1. The van der Waals surface area contributed by atoms with Gasteiger partial charge in [0.2, 0.25) is 0 Å². The van der Waals surface area contributed by atoms with E-state index in [1.807, 2.05) is 0 Å². The number of methoxy groups -OCH3 is 1. The van der Waals surface area contributed by atoms with Crippen LogP contribution in [-0.4, -0.2) is 26.8 Å². The second-order valence-electron chi connectivity index (χ2n) is 7.27. The molecule has 2 heteroatoms. The molecule has 122 valence electrons. The zero-order valence-corrected chi connectivity index (χ0v) is 14.2. The maximum absolute atomic E-state index is 5.15. The van der Waals surface area contributed by atoms with Crippen LogP contribution >= 0.6 is 0 Å². The molecule has 1 N–H and O–H groups in total. The molecule has 2 aliphatic carbocycles. The SMILES string of the molecule is COCCNC/C(=C/C1CCC(C)CC1)C1CCCCC1. The zero-order chi connectivity index (χ0) is 14.9. The van der Waals surface area contributed by atoms with Gasteiger partial charge >= 0.3 is 0 Å². The third-order valence-corrected chi connectivity index (χ3v) is 5.45. The lowest BCUT2D eigenvalue weighted by Crippen LogP contribution is -2.26. The molecule has 2 nitrogen and oxygen atoms in total. The average Bonchev–Trinajstić information content (AvgIpc) is 2.53. The summed E-state index contributed by atoms with van der Waals surface area (Å²) < 4.78 is 5.15. The van der Waals surface area contributed by atoms with Gasteiger partial charge in [-0.1, -0.05) is 50.7 Å². The van der Waals surface area contributed by atoms with E-state index in [1.54, 1.807) is 12.7 Å². The van der Waals surface area contributed by atoms with Crippen molar-refractivity contribution in [3.05, 3.63) is 11.6 Å². The van der Waals surface area contributed by atoms with Gasteiger partial charge in [0.05, 0.1) is 6.61 Å². The fourth-order valence-corrected chi connectivity index (χ4v) is 3.97. The summed E-state index contributed by atoms with van der Waals surface area (Å²) >= 11 is 0. The maximum Gasteiger partial charge on any atom is 0.0587 e. The van der Waals surface area contributed by atoms with Crippen LogP contribution in [0.4, 0.5) is 0 Å². The predicted octanol–water partition coefficient (Wildman–Crippen LogP) is 4.56. The van der Waals surface area contributed by atoms with Crippen molar-refractivity contribution in [3.63, 3.8) is 0 Å². The summed E-state index contributed by atoms with van der Waals surface area (Å²) in [6, 6.07) is 0. The highest BCUT2D eigenvalue weighted by atomic mass is 16.5. The van der Waals surface area contributed by atoms with E-state index in [4.69, 9.17) is 4.74 Å². The van der Waals surface area contributed by atoms with Gasteiger partial charge in [-0.25, -0.2) is 0 Å². The standard InChI is InChI=1S/C19H35NO/c1-16-8-10-17(11-9-16)14-19(15-20-12-13-21-2)18-6-4-3-5-7-18/h14,16-18,20H,3-13,15H2,1-2H3/b19-14-. The van der Waals surface area contributed by atoms with Gasteiger partial charge in [-0.2, -0.15) is 0 Å². The molecule has 0 amide bonds. The molecule has 0 aromatic rings. The van der Waals surface area contributed by atoms with Gasteiger partial charge in [0.25, 0.3) is 0 Å². The first-order valence-corrected chi connectivity index (χ1v) is 9.20. The lowest BCUT2D eigenvalue weighted by Gasteiger charge is -2.29. The van der Waals surface area contributed by atoms with Crippen LogP contribution in [0.15, 0.2) is 11.6 Å². The van der Waals surface area contributed by atoms with Gasteiger partial charge in [0, 0.05) is 20.2 Å². The molecule has 0 saturated heterocycles. The van der Waals surface area contributed by atoms with Crippen LogP contribution in [0.5, 0.6) is 0 Å². The molecule has 0 bridgehead atoms. The van der Waals surface area contributed by atoms with Crippen LogP contribution in [0.3, 0.4) is 0 Å². The minimum absolute atomic E-state index is 0.818. The predicted molar refractivity (Wildman–Crippen MR) is 90.5 cm³/mol. The van der Waals surface area contributed by atoms with E-state index in [2.05, 4.69) is 18.3 Å². The van der Waals surface area contributed by atoms with E-state index in [9.17, 15) is 0 Å². The van der Waals surface area contributed by atoms with Gasteiger partial charge in [0.1, 0.15) is 0 Å². The van der Waals surface area contributed by atoms with E-state index in [0.717, 1.165) is 37.5 Å². The van der Waals surface area contributed by atoms with Crippen LogP contribution in [0.25, 0.3) is 0 Å². The minimum Gasteiger partial charge on any atom is -0.383 e. The molecule has 2 aliphatic rings. The summed E-state index contributed by atoms with van der Waals surface area (Å²) in [6.07, 6.45) is 15.5. The minimum atomic E-state index is 0.818. The number of hydrogen-bond acceptors (Lipinski definition) is 2. The molecule has 0 spiro atoms. The topological polar surface area (TPSA) is 21.3 Å². The first-order valence-electron chi connectivity index (χ1n) is 9.20. The van der Waals surface area contributed by atoms with Crippen LogP contribution in [0, 0.1) is 17.8 Å². The van der Waals surface area contributed by atoms with Crippen LogP contribution in [0.1, 0.15) is 64.7 Å². The Hall–Kier alpha value is -0.340. The van der Waals surface area contributed by atoms with E-state index < -0.39 is 0 Å². The summed E-state index contributed by atoms with van der Waals surface area (Å²) in [5.41, 5.74) is 1.71. The van der Waals surface area contributed by atoms with E-state index >= 15 is 0 Å². The summed E-state index contributed by atoms with van der Waals surface area (Å²) in [7, 11) is 1.78. The highest BCUT2D eigenvalue weighted by Gasteiger charge is 2.21. The maximum atomic E-state index is 5.15. The van der Waals surface area contributed by atoms with Crippen molar-refractivity contribution < 1.29 is 4.74 Å². The molecule has 2 fully saturated rings. The number of ether oxygens (including phenoxy) is 1. The fourth-order valence-electron chi connectivity index (χ4n) is 3.97. The molecular weight excluding hydrogens is 258 g/mol. The summed E-state index contributed by atoms with van der Waals surface area (Å²) in [4.78, 5) is 0. The lowest BCUT2D eigenvalue weighted by atomic mass is 9.78. The second kappa shape index (κ2) is 9.63. The summed E-state index contributed by atoms with van der Waals surface area (Å²) in [5.74, 6) is 2.66. The van der Waals surface area contributed by atoms with Gasteiger partial charge < -0.3 is 10.1 Å². The van der Waals surface area contributed by atoms with Gasteiger partial charge in [-0.3, -0.25) is 0 Å². The molecule has 2 saturated carbocycles. The smallest absolute Gasteiger partial charge is 0.0587 e. The number of rotatable bonds is 7. The normalized spacial score (nSPS) is 28.8. The quantitative estimate of drug-likeness (QED) is 0.549. The molecule has 2 rings (SSSR count). The fraction of sp³-hybridized carbons (Fsp3) is 0.895. The average molecular weight is 293 g/mol. The molecule has 0 aromatic carbocycles. The number of nitrogens with one attached hydrogen (secondary N) is 1. The molecule has 0 heterocycles. The molecule has 0 aromatic heterocycles. The van der Waals surface area contributed by atoms with Crippen molar-refractivity contribution in [1.82, 2.24) is 5.32 Å². The third kappa shape index (κ3) is 6.12. The van der Waals surface area contributed by atoms with Crippen molar-refractivity contribution in [1.29, 1.82) is 0 Å². The molecule has 0 unspecified atom stereocenters. The highest BCUT2D eigenvalue weighted by Crippen LogP contribution is 2.34. The van der Waals surface area contributed by atoms with Gasteiger partial charge in [0.15, 0.2) is 0 Å². The Morgan fingerprint density at radius 3 is 2.43 bits per heavy atom. The van der Waals surface area contributed by atoms with Crippen molar-refractivity contribution in [3.8, 4) is 0 Å². The first kappa shape index (κ1) is 17.0. The third-order valence-electron chi connectivity index (χ3n) is 5.45. The summed E-state index contributed by atoms with van der Waals surface area (Å²) in [5, 5.41) is 3.59. The zero-order valence-electron chi connectivity index (χ0n) is 14.2. The monoisotopic (exact) mass is 293 g/mol. The second-order valence-corrected chi connectivity index (χ2v) is 7.27. The molecule has 0 radical (unpaired) electrons. The first-order chi connectivity index (χ1) is 10.3. The number of allylic oxidation sites excluding steroid dienone is 1. The van der Waals surface area contributed by atoms with Crippen molar-refractivity contribution in [2.24, 2.45) is 17.8 Å². The largest absolute Gasteiger partial charge is 0.383 e. The Morgan fingerprint density at radius 2 is 1.76 bits per heavy atom. The van der Waals surface area contributed by atoms with Crippen molar-refractivity contribution >= 4 is 0 Å². The van der Waals surface area contributed by atoms with Crippen molar-refractivity contribution in [2.75, 3.05) is 26.8 Å². The van der Waals surface area contributed by atoms with Gasteiger partial charge in [-0.15, -0.1) is 0 Å². The summed E-state index contributed by atoms with van der Waals surface area (Å²) in [6.45, 7) is 5.29. The van der Waals surface area contributed by atoms with E-state index in [1.165, 1.54) is 57.8 Å². The molecule has 0 aliphatic heterocycles. The Bertz CT molecular complexity index is 299. The Labute approximate surface area is 131 Å². The Morgan fingerprint density at radius 1 is 1.05 bits per heavy atom. The lowest BCUT2D eigenvalue weighted by molar-refractivity contribution is 0.200. The van der Waals surface area contributed by atoms with Crippen molar-refractivity contribution in [2.45, 2.75) is 64.7 Å². The van der Waals surface area contributed by atoms with Crippen LogP contribution < -0.4 is 5.32 Å².